The standard InChI is InChI=1S/C26H25ClN4O2/c1-33-21-13-9-17(10-14-21)22-15-24(26(32)28-20-5-3-2-4-6-20)31-25(29-22)16-23(30-31)18-7-11-19(27)12-8-18/h7-16,20H,2-6H2,1H3,(H,28,32). The van der Waals surface area contributed by atoms with Crippen molar-refractivity contribution >= 4 is 23.2 Å². The maximum atomic E-state index is 13.4. The molecule has 0 aliphatic heterocycles. The van der Waals surface area contributed by atoms with Gasteiger partial charge >= 0.3 is 0 Å². The highest BCUT2D eigenvalue weighted by Crippen LogP contribution is 2.26. The van der Waals surface area contributed by atoms with E-state index in [0.29, 0.717) is 22.1 Å². The van der Waals surface area contributed by atoms with Crippen LogP contribution in [-0.2, 0) is 0 Å². The lowest BCUT2D eigenvalue weighted by Gasteiger charge is -2.22. The second-order valence-corrected chi connectivity index (χ2v) is 8.81. The van der Waals surface area contributed by atoms with Crippen molar-refractivity contribution in [2.45, 2.75) is 38.1 Å². The van der Waals surface area contributed by atoms with Gasteiger partial charge in [-0.2, -0.15) is 5.10 Å². The van der Waals surface area contributed by atoms with Crippen LogP contribution in [0.4, 0.5) is 0 Å². The van der Waals surface area contributed by atoms with Crippen LogP contribution in [0.3, 0.4) is 0 Å². The monoisotopic (exact) mass is 460 g/mol. The summed E-state index contributed by atoms with van der Waals surface area (Å²) < 4.78 is 6.91. The average Bonchev–Trinajstić information content (AvgIpc) is 3.29. The SMILES string of the molecule is COc1ccc(-c2cc(C(=O)NC3CCCCC3)n3nc(-c4ccc(Cl)cc4)cc3n2)cc1. The minimum Gasteiger partial charge on any atom is -0.497 e. The van der Waals surface area contributed by atoms with Crippen LogP contribution in [0, 0.1) is 0 Å². The second-order valence-electron chi connectivity index (χ2n) is 8.37. The Morgan fingerprint density at radius 3 is 2.33 bits per heavy atom. The molecule has 5 rings (SSSR count). The number of hydrogen-bond acceptors (Lipinski definition) is 4. The molecule has 1 aliphatic rings. The third-order valence-corrected chi connectivity index (χ3v) is 6.38. The normalized spacial score (nSPS) is 14.4. The van der Waals surface area contributed by atoms with E-state index in [9.17, 15) is 4.79 Å². The largest absolute Gasteiger partial charge is 0.497 e. The van der Waals surface area contributed by atoms with Crippen LogP contribution >= 0.6 is 11.6 Å². The molecule has 0 spiro atoms. The summed E-state index contributed by atoms with van der Waals surface area (Å²) in [6.07, 6.45) is 5.56. The topological polar surface area (TPSA) is 68.5 Å². The van der Waals surface area contributed by atoms with Gasteiger partial charge in [0.25, 0.3) is 5.91 Å². The molecule has 2 aromatic carbocycles. The minimum atomic E-state index is -0.130. The van der Waals surface area contributed by atoms with Crippen molar-refractivity contribution in [2.75, 3.05) is 7.11 Å². The molecule has 1 aliphatic carbocycles. The Labute approximate surface area is 197 Å². The highest BCUT2D eigenvalue weighted by atomic mass is 35.5. The molecule has 4 aromatic rings. The van der Waals surface area contributed by atoms with Crippen molar-refractivity contribution in [2.24, 2.45) is 0 Å². The van der Waals surface area contributed by atoms with Crippen LogP contribution in [0.1, 0.15) is 42.6 Å². The zero-order chi connectivity index (χ0) is 22.8. The number of rotatable bonds is 5. The van der Waals surface area contributed by atoms with E-state index < -0.39 is 0 Å². The number of methoxy groups -OCH3 is 1. The Hall–Kier alpha value is -3.38. The molecule has 0 atom stereocenters. The quantitative estimate of drug-likeness (QED) is 0.409. The van der Waals surface area contributed by atoms with Crippen molar-refractivity contribution < 1.29 is 9.53 Å². The lowest BCUT2D eigenvalue weighted by atomic mass is 9.95. The Morgan fingerprint density at radius 2 is 1.64 bits per heavy atom. The number of nitrogens with zero attached hydrogens (tertiary/aromatic N) is 3. The van der Waals surface area contributed by atoms with Gasteiger partial charge in [-0.15, -0.1) is 0 Å². The van der Waals surface area contributed by atoms with Crippen LogP contribution < -0.4 is 10.1 Å². The van der Waals surface area contributed by atoms with Gasteiger partial charge in [0.1, 0.15) is 11.4 Å². The number of halogens is 1. The van der Waals surface area contributed by atoms with E-state index in [1.165, 1.54) is 6.42 Å². The first kappa shape index (κ1) is 21.5. The zero-order valence-electron chi connectivity index (χ0n) is 18.4. The van der Waals surface area contributed by atoms with Crippen LogP contribution in [0.5, 0.6) is 5.75 Å². The molecular weight excluding hydrogens is 436 g/mol. The predicted molar refractivity (Wildman–Crippen MR) is 130 cm³/mol. The van der Waals surface area contributed by atoms with Gasteiger partial charge < -0.3 is 10.1 Å². The lowest BCUT2D eigenvalue weighted by Crippen LogP contribution is -2.37. The van der Waals surface area contributed by atoms with Crippen molar-refractivity contribution in [3.8, 4) is 28.3 Å². The van der Waals surface area contributed by atoms with Crippen LogP contribution in [0.2, 0.25) is 5.02 Å². The van der Waals surface area contributed by atoms with E-state index in [1.54, 1.807) is 11.6 Å². The molecule has 168 valence electrons. The summed E-state index contributed by atoms with van der Waals surface area (Å²) in [7, 11) is 1.64. The maximum absolute atomic E-state index is 13.4. The molecule has 2 aromatic heterocycles. The fourth-order valence-corrected chi connectivity index (χ4v) is 4.44. The number of benzene rings is 2. The Kier molecular flexibility index (Phi) is 6.01. The maximum Gasteiger partial charge on any atom is 0.270 e. The molecule has 1 N–H and O–H groups in total. The van der Waals surface area contributed by atoms with Crippen molar-refractivity contribution in [1.29, 1.82) is 0 Å². The van der Waals surface area contributed by atoms with E-state index in [4.69, 9.17) is 26.4 Å². The molecule has 33 heavy (non-hydrogen) atoms. The molecule has 6 nitrogen and oxygen atoms in total. The number of carbonyl (C=O) groups is 1. The van der Waals surface area contributed by atoms with E-state index in [2.05, 4.69) is 5.32 Å². The summed E-state index contributed by atoms with van der Waals surface area (Å²) >= 11 is 6.05. The summed E-state index contributed by atoms with van der Waals surface area (Å²) in [6, 6.07) is 19.0. The highest BCUT2D eigenvalue weighted by Gasteiger charge is 2.21. The van der Waals surface area contributed by atoms with Gasteiger partial charge in [-0.3, -0.25) is 4.79 Å². The van der Waals surface area contributed by atoms with Crippen LogP contribution in [0.25, 0.3) is 28.2 Å². The van der Waals surface area contributed by atoms with E-state index in [-0.39, 0.29) is 11.9 Å². The molecule has 0 radical (unpaired) electrons. The highest BCUT2D eigenvalue weighted by molar-refractivity contribution is 6.30. The van der Waals surface area contributed by atoms with E-state index >= 15 is 0 Å². The fraction of sp³-hybridized carbons (Fsp3) is 0.269. The first-order chi connectivity index (χ1) is 16.1. The molecule has 1 fully saturated rings. The van der Waals surface area contributed by atoms with Crippen molar-refractivity contribution in [1.82, 2.24) is 19.9 Å². The number of nitrogens with one attached hydrogen (secondary N) is 1. The number of hydrogen-bond donors (Lipinski definition) is 1. The number of aromatic nitrogens is 3. The minimum absolute atomic E-state index is 0.130. The summed E-state index contributed by atoms with van der Waals surface area (Å²) in [5.74, 6) is 0.638. The molecule has 0 saturated heterocycles. The first-order valence-corrected chi connectivity index (χ1v) is 11.6. The molecule has 0 unspecified atom stereocenters. The molecule has 2 heterocycles. The number of carbonyl (C=O) groups excluding carboxylic acids is 1. The molecule has 7 heteroatoms. The third kappa shape index (κ3) is 4.57. The smallest absolute Gasteiger partial charge is 0.270 e. The van der Waals surface area contributed by atoms with E-state index in [1.807, 2.05) is 60.7 Å². The summed E-state index contributed by atoms with van der Waals surface area (Å²) in [6.45, 7) is 0. The summed E-state index contributed by atoms with van der Waals surface area (Å²) in [5.41, 5.74) is 4.34. The van der Waals surface area contributed by atoms with Gasteiger partial charge in [0.2, 0.25) is 0 Å². The van der Waals surface area contributed by atoms with Gasteiger partial charge in [-0.1, -0.05) is 43.0 Å². The lowest BCUT2D eigenvalue weighted by molar-refractivity contribution is 0.0920. The van der Waals surface area contributed by atoms with Crippen molar-refractivity contribution in [3.05, 3.63) is 71.4 Å². The van der Waals surface area contributed by atoms with Crippen molar-refractivity contribution in [3.63, 3.8) is 0 Å². The molecular formula is C26H25ClN4O2. The van der Waals surface area contributed by atoms with Gasteiger partial charge in [-0.05, 0) is 55.3 Å². The van der Waals surface area contributed by atoms with Crippen LogP contribution in [0.15, 0.2) is 60.7 Å². The Bertz CT molecular complexity index is 1280. The Balaban J connectivity index is 1.59. The van der Waals surface area contributed by atoms with Gasteiger partial charge in [0, 0.05) is 28.3 Å². The first-order valence-electron chi connectivity index (χ1n) is 11.2. The van der Waals surface area contributed by atoms with Gasteiger partial charge in [0.05, 0.1) is 18.5 Å². The van der Waals surface area contributed by atoms with Gasteiger partial charge in [0.15, 0.2) is 5.65 Å². The number of amides is 1. The molecule has 1 saturated carbocycles. The molecule has 1 amide bonds. The zero-order valence-corrected chi connectivity index (χ0v) is 19.2. The third-order valence-electron chi connectivity index (χ3n) is 6.13. The summed E-state index contributed by atoms with van der Waals surface area (Å²) in [5, 5.41) is 8.60. The van der Waals surface area contributed by atoms with Gasteiger partial charge in [-0.25, -0.2) is 9.50 Å². The Morgan fingerprint density at radius 1 is 0.970 bits per heavy atom. The summed E-state index contributed by atoms with van der Waals surface area (Å²) in [4.78, 5) is 18.2. The molecule has 0 bridgehead atoms. The average molecular weight is 461 g/mol. The number of fused-ring (bicyclic) bond motifs is 1. The van der Waals surface area contributed by atoms with Crippen LogP contribution in [-0.4, -0.2) is 33.7 Å². The second kappa shape index (κ2) is 9.24. The predicted octanol–water partition coefficient (Wildman–Crippen LogP) is 5.79. The van der Waals surface area contributed by atoms with E-state index in [0.717, 1.165) is 48.3 Å². The number of ether oxygens (including phenoxy) is 1. The fourth-order valence-electron chi connectivity index (χ4n) is 4.31.